The zero-order chi connectivity index (χ0) is 19.0. The second kappa shape index (κ2) is 7.58. The highest BCUT2D eigenvalue weighted by Gasteiger charge is 2.53. The van der Waals surface area contributed by atoms with Crippen LogP contribution < -0.4 is 0 Å². The number of hydrogen-bond acceptors (Lipinski definition) is 4. The molecule has 3 aliphatic rings. The number of cyclic esters (lactones) is 1. The first-order valence-electron chi connectivity index (χ1n) is 10.00. The molecule has 0 spiro atoms. The number of carbonyl (C=O) groups excluding carboxylic acids is 2. The van der Waals surface area contributed by atoms with Crippen LogP contribution in [0.3, 0.4) is 0 Å². The molecule has 4 nitrogen and oxygen atoms in total. The lowest BCUT2D eigenvalue weighted by Crippen LogP contribution is -2.36. The molecule has 0 aromatic carbocycles. The van der Waals surface area contributed by atoms with Crippen LogP contribution in [0.15, 0.2) is 22.8 Å². The average Bonchev–Trinajstić information content (AvgIpc) is 3.22. The minimum Gasteiger partial charge on any atom is -0.462 e. The lowest BCUT2D eigenvalue weighted by molar-refractivity contribution is -0.150. The third-order valence-corrected chi connectivity index (χ3v) is 6.38. The molecule has 0 amide bonds. The Labute approximate surface area is 157 Å². The first kappa shape index (κ1) is 19.2. The molecule has 144 valence electrons. The normalized spacial score (nSPS) is 34.0. The van der Waals surface area contributed by atoms with Gasteiger partial charge in [-0.15, -0.1) is 0 Å². The van der Waals surface area contributed by atoms with Gasteiger partial charge in [-0.25, -0.2) is 4.79 Å². The van der Waals surface area contributed by atoms with E-state index in [4.69, 9.17) is 9.47 Å². The summed E-state index contributed by atoms with van der Waals surface area (Å²) in [5.74, 6) is 1.39. The average molecular weight is 360 g/mol. The first-order chi connectivity index (χ1) is 12.3. The van der Waals surface area contributed by atoms with Gasteiger partial charge in [-0.05, 0) is 68.8 Å². The summed E-state index contributed by atoms with van der Waals surface area (Å²) in [4.78, 5) is 24.2. The van der Waals surface area contributed by atoms with E-state index in [1.54, 1.807) is 0 Å². The van der Waals surface area contributed by atoms with Gasteiger partial charge < -0.3 is 9.47 Å². The fourth-order valence-corrected chi connectivity index (χ4v) is 5.04. The molecule has 0 aromatic rings. The van der Waals surface area contributed by atoms with Gasteiger partial charge in [0.2, 0.25) is 0 Å². The Morgan fingerprint density at radius 3 is 2.69 bits per heavy atom. The zero-order valence-electron chi connectivity index (χ0n) is 16.7. The van der Waals surface area contributed by atoms with Crippen molar-refractivity contribution in [1.82, 2.24) is 0 Å². The maximum Gasteiger partial charge on any atom is 0.334 e. The first-order valence-corrected chi connectivity index (χ1v) is 10.00. The van der Waals surface area contributed by atoms with Crippen LogP contribution in [0.2, 0.25) is 0 Å². The van der Waals surface area contributed by atoms with Crippen molar-refractivity contribution < 1.29 is 19.1 Å². The molecule has 1 aliphatic heterocycles. The Hall–Kier alpha value is -1.58. The van der Waals surface area contributed by atoms with Crippen molar-refractivity contribution in [3.63, 3.8) is 0 Å². The number of carbonyl (C=O) groups is 2. The molecule has 0 unspecified atom stereocenters. The van der Waals surface area contributed by atoms with Crippen molar-refractivity contribution >= 4 is 11.9 Å². The van der Waals surface area contributed by atoms with Gasteiger partial charge in [0, 0.05) is 18.4 Å². The monoisotopic (exact) mass is 360 g/mol. The minimum absolute atomic E-state index is 0.0786. The van der Waals surface area contributed by atoms with E-state index in [1.165, 1.54) is 12.5 Å². The van der Waals surface area contributed by atoms with E-state index in [1.807, 2.05) is 0 Å². The third kappa shape index (κ3) is 3.89. The van der Waals surface area contributed by atoms with Gasteiger partial charge in [0.25, 0.3) is 0 Å². The molecule has 0 aromatic heterocycles. The second-order valence-electron chi connectivity index (χ2n) is 8.74. The molecular formula is C22H32O4. The van der Waals surface area contributed by atoms with Crippen LogP contribution in [-0.4, -0.2) is 24.6 Å². The van der Waals surface area contributed by atoms with E-state index < -0.39 is 0 Å². The number of hydrogen-bond donors (Lipinski definition) is 0. The molecule has 2 aliphatic carbocycles. The van der Waals surface area contributed by atoms with Gasteiger partial charge in [0.05, 0.1) is 0 Å². The summed E-state index contributed by atoms with van der Waals surface area (Å²) in [5.41, 5.74) is 3.35. The van der Waals surface area contributed by atoms with E-state index in [0.29, 0.717) is 30.3 Å². The van der Waals surface area contributed by atoms with Crippen LogP contribution in [0.4, 0.5) is 0 Å². The number of fused-ring (bicyclic) bond motifs is 2. The SMILES string of the molecule is CC(=O)O[C@@H]1C[C@H](C)[C@@H]2C[C@@H]2C2=C(COC2=O)[C@H]1[C@@H](C)CCC=C(C)C. The highest BCUT2D eigenvalue weighted by atomic mass is 16.5. The molecule has 4 heteroatoms. The summed E-state index contributed by atoms with van der Waals surface area (Å²) in [5, 5.41) is 0. The number of esters is 2. The van der Waals surface area contributed by atoms with E-state index >= 15 is 0 Å². The molecule has 1 fully saturated rings. The third-order valence-electron chi connectivity index (χ3n) is 6.38. The Morgan fingerprint density at radius 1 is 1.31 bits per heavy atom. The minimum atomic E-state index is -0.232. The van der Waals surface area contributed by atoms with Crippen LogP contribution in [-0.2, 0) is 19.1 Å². The van der Waals surface area contributed by atoms with Gasteiger partial charge >= 0.3 is 11.9 Å². The van der Waals surface area contributed by atoms with E-state index in [2.05, 4.69) is 33.8 Å². The fraction of sp³-hybridized carbons (Fsp3) is 0.727. The van der Waals surface area contributed by atoms with Gasteiger partial charge in [-0.3, -0.25) is 4.79 Å². The topological polar surface area (TPSA) is 52.6 Å². The molecule has 0 radical (unpaired) electrons. The molecule has 6 atom stereocenters. The molecule has 3 rings (SSSR count). The van der Waals surface area contributed by atoms with Crippen molar-refractivity contribution in [3.05, 3.63) is 22.8 Å². The van der Waals surface area contributed by atoms with Crippen LogP contribution in [0.1, 0.15) is 60.3 Å². The lowest BCUT2D eigenvalue weighted by atomic mass is 9.73. The Morgan fingerprint density at radius 2 is 2.04 bits per heavy atom. The standard InChI is InChI=1S/C22H32O4/c1-12(2)7-6-8-13(3)20-18-11-25-22(24)21(18)17-10-16(17)14(4)9-19(20)26-15(5)23/h7,13-14,16-17,19-20H,6,8-11H2,1-5H3/t13-,14-,16-,17-,19+,20+/m0/s1. The maximum atomic E-state index is 12.4. The lowest BCUT2D eigenvalue weighted by Gasteiger charge is -2.35. The van der Waals surface area contributed by atoms with E-state index in [-0.39, 0.29) is 24.0 Å². The summed E-state index contributed by atoms with van der Waals surface area (Å²) in [6.45, 7) is 10.5. The van der Waals surface area contributed by atoms with Crippen LogP contribution in [0.25, 0.3) is 0 Å². The summed E-state index contributed by atoms with van der Waals surface area (Å²) in [6, 6.07) is 0. The molecule has 26 heavy (non-hydrogen) atoms. The van der Waals surface area contributed by atoms with Crippen molar-refractivity contribution in [2.24, 2.45) is 29.6 Å². The van der Waals surface area contributed by atoms with E-state index in [9.17, 15) is 9.59 Å². The zero-order valence-corrected chi connectivity index (χ0v) is 16.7. The predicted molar refractivity (Wildman–Crippen MR) is 100 cm³/mol. The summed E-state index contributed by atoms with van der Waals surface area (Å²) in [6.07, 6.45) is 6.06. The summed E-state index contributed by atoms with van der Waals surface area (Å²) < 4.78 is 11.3. The van der Waals surface area contributed by atoms with Crippen molar-refractivity contribution in [2.45, 2.75) is 66.4 Å². The molecule has 0 saturated heterocycles. The van der Waals surface area contributed by atoms with Crippen LogP contribution >= 0.6 is 0 Å². The second-order valence-corrected chi connectivity index (χ2v) is 8.74. The highest BCUT2D eigenvalue weighted by molar-refractivity contribution is 5.93. The molecule has 1 saturated carbocycles. The van der Waals surface area contributed by atoms with Gasteiger partial charge in [-0.2, -0.15) is 0 Å². The van der Waals surface area contributed by atoms with Crippen molar-refractivity contribution in [2.75, 3.05) is 6.61 Å². The molecule has 0 bridgehead atoms. The highest BCUT2D eigenvalue weighted by Crippen LogP contribution is 2.56. The van der Waals surface area contributed by atoms with Gasteiger partial charge in [0.1, 0.15) is 12.7 Å². The Balaban J connectivity index is 1.93. The summed E-state index contributed by atoms with van der Waals surface area (Å²) in [7, 11) is 0. The maximum absolute atomic E-state index is 12.4. The number of ether oxygens (including phenoxy) is 2. The largest absolute Gasteiger partial charge is 0.462 e. The van der Waals surface area contributed by atoms with E-state index in [0.717, 1.165) is 36.8 Å². The smallest absolute Gasteiger partial charge is 0.334 e. The summed E-state index contributed by atoms with van der Waals surface area (Å²) >= 11 is 0. The van der Waals surface area contributed by atoms with Crippen molar-refractivity contribution in [1.29, 1.82) is 0 Å². The van der Waals surface area contributed by atoms with Gasteiger partial charge in [-0.1, -0.05) is 25.5 Å². The number of allylic oxidation sites excluding steroid dienone is 2. The van der Waals surface area contributed by atoms with Crippen LogP contribution in [0.5, 0.6) is 0 Å². The quantitative estimate of drug-likeness (QED) is 0.537. The van der Waals surface area contributed by atoms with Crippen molar-refractivity contribution in [3.8, 4) is 0 Å². The van der Waals surface area contributed by atoms with Crippen LogP contribution in [0, 0.1) is 29.6 Å². The molecule has 1 heterocycles. The molecule has 0 N–H and O–H groups in total. The van der Waals surface area contributed by atoms with Gasteiger partial charge in [0.15, 0.2) is 0 Å². The molecular weight excluding hydrogens is 328 g/mol. The Kier molecular flexibility index (Phi) is 5.59. The fourth-order valence-electron chi connectivity index (χ4n) is 5.04. The Bertz CT molecular complexity index is 641. The predicted octanol–water partition coefficient (Wildman–Crippen LogP) is 4.45. The number of rotatable bonds is 5.